The van der Waals surface area contributed by atoms with Crippen LogP contribution in [0.2, 0.25) is 0 Å². The second-order valence-corrected chi connectivity index (χ2v) is 14.5. The lowest BCUT2D eigenvalue weighted by molar-refractivity contribution is -0.210. The number of anilines is 3. The van der Waals surface area contributed by atoms with E-state index < -0.39 is 23.5 Å². The minimum absolute atomic E-state index is 0.00692. The Morgan fingerprint density at radius 1 is 1.11 bits per heavy atom. The molecule has 1 saturated carbocycles. The van der Waals surface area contributed by atoms with Crippen molar-refractivity contribution in [2.24, 2.45) is 5.41 Å². The van der Waals surface area contributed by atoms with E-state index in [-0.39, 0.29) is 30.6 Å². The molecule has 1 amide bonds. The number of pyridine rings is 1. The number of alkyl halides is 5. The predicted molar refractivity (Wildman–Crippen MR) is 193 cm³/mol. The van der Waals surface area contributed by atoms with E-state index in [0.29, 0.717) is 49.8 Å². The van der Waals surface area contributed by atoms with E-state index in [2.05, 4.69) is 55.9 Å². The first-order valence-corrected chi connectivity index (χ1v) is 18.0. The zero-order valence-corrected chi connectivity index (χ0v) is 30.5. The van der Waals surface area contributed by atoms with Crippen LogP contribution in [0.3, 0.4) is 0 Å². The van der Waals surface area contributed by atoms with Gasteiger partial charge in [0.25, 0.3) is 11.8 Å². The number of aromatic nitrogens is 4. The maximum absolute atomic E-state index is 14.7. The normalized spacial score (nSPS) is 21.9. The number of carbonyl (C=O) groups is 2. The molecule has 13 nitrogen and oxygen atoms in total. The fourth-order valence-corrected chi connectivity index (χ4v) is 7.86. The standard InChI is InChI=1S/C35H41F2N9O2.C2HF3O2/c1-21(44-19-34(20-44)12-13-39-18-35(34,36)37)22-7-8-25(40-16-22)23-5-4-6-28-24(23)11-14-45(28)31-15-27(38-2)32-41-17-29(46(32)43-31)33(47)42-26-9-10-30(26)48-3;3-2(4,5)1(6)7/h4-8,15-17,21,26,30,38-39H,9-14,18-20H2,1-3H3,(H,42,47);(H,6,7)/t21-,26+,30+;/m0./s1. The van der Waals surface area contributed by atoms with Crippen LogP contribution in [0.1, 0.15) is 53.8 Å². The fraction of sp³-hybridized carbons (Fsp3) is 0.486. The number of hydrogen-bond donors (Lipinski definition) is 4. The Bertz CT molecular complexity index is 2070. The van der Waals surface area contributed by atoms with Gasteiger partial charge in [0.15, 0.2) is 17.2 Å². The van der Waals surface area contributed by atoms with Crippen molar-refractivity contribution >= 4 is 34.7 Å². The monoisotopic (exact) mass is 771 g/mol. The number of carboxylic acids is 1. The van der Waals surface area contributed by atoms with E-state index in [4.69, 9.17) is 24.7 Å². The van der Waals surface area contributed by atoms with Gasteiger partial charge in [0.05, 0.1) is 41.7 Å². The first-order valence-electron chi connectivity index (χ1n) is 18.0. The molecule has 4 aliphatic rings. The van der Waals surface area contributed by atoms with Gasteiger partial charge in [-0.1, -0.05) is 18.2 Å². The second-order valence-electron chi connectivity index (χ2n) is 14.5. The highest BCUT2D eigenvalue weighted by molar-refractivity contribution is 5.94. The summed E-state index contributed by atoms with van der Waals surface area (Å²) in [5, 5.41) is 21.2. The quantitative estimate of drug-likeness (QED) is 0.178. The van der Waals surface area contributed by atoms with Gasteiger partial charge in [-0.3, -0.25) is 14.7 Å². The molecule has 3 fully saturated rings. The SMILES string of the molecule is CNc1cc(N2CCc3c(-c4ccc([C@H](C)N5CC6(CCNCC6(F)F)C5)cn4)cccc32)nn2c(C(=O)N[C@@H]3CC[C@H]3OC)cnc12.O=C(O)C(F)(F)F. The molecular formula is C37H42F5N9O4. The molecule has 3 aliphatic heterocycles. The van der Waals surface area contributed by atoms with Gasteiger partial charge >= 0.3 is 12.1 Å². The third-order valence-electron chi connectivity index (χ3n) is 11.3. The maximum Gasteiger partial charge on any atom is 0.490 e. The van der Waals surface area contributed by atoms with Crippen LogP contribution in [0.25, 0.3) is 16.9 Å². The third-order valence-corrected chi connectivity index (χ3v) is 11.3. The summed E-state index contributed by atoms with van der Waals surface area (Å²) in [5.74, 6) is -4.96. The van der Waals surface area contributed by atoms with Crippen LogP contribution >= 0.6 is 0 Å². The fourth-order valence-electron chi connectivity index (χ4n) is 7.86. The number of likely N-dealkylation sites (tertiary alicyclic amines) is 1. The summed E-state index contributed by atoms with van der Waals surface area (Å²) >= 11 is 0. The third kappa shape index (κ3) is 7.06. The number of nitrogens with one attached hydrogen (secondary N) is 3. The molecule has 18 heteroatoms. The number of rotatable bonds is 8. The molecule has 1 aliphatic carbocycles. The maximum atomic E-state index is 14.7. The van der Waals surface area contributed by atoms with Crippen molar-refractivity contribution in [2.75, 3.05) is 57.1 Å². The zero-order valence-electron chi connectivity index (χ0n) is 30.5. The van der Waals surface area contributed by atoms with E-state index in [1.54, 1.807) is 17.8 Å². The van der Waals surface area contributed by atoms with Crippen molar-refractivity contribution in [1.82, 2.24) is 35.1 Å². The molecule has 1 spiro atoms. The van der Waals surface area contributed by atoms with Crippen molar-refractivity contribution in [1.29, 1.82) is 0 Å². The van der Waals surface area contributed by atoms with E-state index in [1.165, 1.54) is 5.56 Å². The lowest BCUT2D eigenvalue weighted by atomic mass is 9.69. The average Bonchev–Trinajstić information content (AvgIpc) is 3.77. The number of carboxylic acid groups (broad SMARTS) is 1. The first-order chi connectivity index (χ1) is 26.2. The highest BCUT2D eigenvalue weighted by Gasteiger charge is 2.61. The molecule has 3 aromatic heterocycles. The minimum Gasteiger partial charge on any atom is -0.475 e. The Morgan fingerprint density at radius 2 is 1.87 bits per heavy atom. The number of aliphatic carboxylic acids is 1. The van der Waals surface area contributed by atoms with E-state index >= 15 is 0 Å². The Labute approximate surface area is 313 Å². The molecule has 0 radical (unpaired) electrons. The lowest BCUT2D eigenvalue weighted by Gasteiger charge is -2.57. The second kappa shape index (κ2) is 14.6. The van der Waals surface area contributed by atoms with E-state index in [0.717, 1.165) is 47.5 Å². The van der Waals surface area contributed by atoms with Gasteiger partial charge in [-0.05, 0) is 62.4 Å². The highest BCUT2D eigenvalue weighted by atomic mass is 19.4. The molecule has 6 heterocycles. The molecule has 4 aromatic rings. The first kappa shape index (κ1) is 38.3. The molecule has 4 N–H and O–H groups in total. The van der Waals surface area contributed by atoms with Crippen LogP contribution in [-0.4, -0.2) is 113 Å². The van der Waals surface area contributed by atoms with E-state index in [1.807, 2.05) is 31.4 Å². The lowest BCUT2D eigenvalue weighted by Crippen LogP contribution is -2.69. The van der Waals surface area contributed by atoms with Crippen molar-refractivity contribution < 1.29 is 41.4 Å². The highest BCUT2D eigenvalue weighted by Crippen LogP contribution is 2.50. The van der Waals surface area contributed by atoms with Crippen molar-refractivity contribution in [2.45, 2.75) is 62.9 Å². The number of methoxy groups -OCH3 is 1. The van der Waals surface area contributed by atoms with Gasteiger partial charge in [0.2, 0.25) is 0 Å². The molecule has 55 heavy (non-hydrogen) atoms. The zero-order chi connectivity index (χ0) is 39.3. The van der Waals surface area contributed by atoms with Gasteiger partial charge in [-0.25, -0.2) is 23.1 Å². The number of carbonyl (C=O) groups excluding carboxylic acids is 1. The smallest absolute Gasteiger partial charge is 0.475 e. The van der Waals surface area contributed by atoms with Crippen LogP contribution < -0.4 is 20.9 Å². The molecule has 2 saturated heterocycles. The summed E-state index contributed by atoms with van der Waals surface area (Å²) in [6.07, 6.45) is 1.51. The number of imidazole rings is 1. The number of piperidine rings is 1. The van der Waals surface area contributed by atoms with Gasteiger partial charge in [-0.15, -0.1) is 5.10 Å². The molecule has 1 aromatic carbocycles. The molecule has 0 bridgehead atoms. The summed E-state index contributed by atoms with van der Waals surface area (Å²) in [5.41, 5.74) is 5.96. The Morgan fingerprint density at radius 3 is 2.49 bits per heavy atom. The summed E-state index contributed by atoms with van der Waals surface area (Å²) in [6.45, 7) is 4.01. The van der Waals surface area contributed by atoms with Gasteiger partial charge in [-0.2, -0.15) is 13.2 Å². The van der Waals surface area contributed by atoms with E-state index in [9.17, 15) is 26.7 Å². The minimum atomic E-state index is -5.08. The Hall–Kier alpha value is -4.94. The summed E-state index contributed by atoms with van der Waals surface area (Å²) in [7, 11) is 3.50. The average molecular weight is 772 g/mol. The summed E-state index contributed by atoms with van der Waals surface area (Å²) in [4.78, 5) is 35.9. The molecule has 8 rings (SSSR count). The molecule has 0 unspecified atom stereocenters. The summed E-state index contributed by atoms with van der Waals surface area (Å²) in [6, 6.07) is 12.3. The number of amides is 1. The van der Waals surface area contributed by atoms with Crippen LogP contribution in [0.5, 0.6) is 0 Å². The van der Waals surface area contributed by atoms with Crippen LogP contribution in [0, 0.1) is 5.41 Å². The van der Waals surface area contributed by atoms with Gasteiger partial charge < -0.3 is 30.7 Å². The number of hydrogen-bond acceptors (Lipinski definition) is 10. The number of benzene rings is 1. The number of fused-ring (bicyclic) bond motifs is 2. The van der Waals surface area contributed by atoms with Crippen LogP contribution in [0.15, 0.2) is 48.8 Å². The Kier molecular flexibility index (Phi) is 10.2. The van der Waals surface area contributed by atoms with Crippen molar-refractivity contribution in [3.05, 3.63) is 65.6 Å². The van der Waals surface area contributed by atoms with Gasteiger partial charge in [0, 0.05) is 63.3 Å². The molecule has 3 atom stereocenters. The van der Waals surface area contributed by atoms with Gasteiger partial charge in [0.1, 0.15) is 0 Å². The topological polar surface area (TPSA) is 149 Å². The van der Waals surface area contributed by atoms with Crippen LogP contribution in [0.4, 0.5) is 39.1 Å². The predicted octanol–water partition coefficient (Wildman–Crippen LogP) is 5.06. The molecular weight excluding hydrogens is 729 g/mol. The van der Waals surface area contributed by atoms with Crippen molar-refractivity contribution in [3.8, 4) is 11.3 Å². The van der Waals surface area contributed by atoms with Crippen molar-refractivity contribution in [3.63, 3.8) is 0 Å². The molecule has 294 valence electrons. The number of nitrogens with zero attached hydrogens (tertiary/aromatic N) is 6. The Balaban J connectivity index is 0.000000609. The number of halogens is 5. The number of ether oxygens (including phenoxy) is 1. The van der Waals surface area contributed by atoms with Crippen LogP contribution in [-0.2, 0) is 16.0 Å². The summed E-state index contributed by atoms with van der Waals surface area (Å²) < 4.78 is 68.2. The largest absolute Gasteiger partial charge is 0.490 e.